The molecule has 294 valence electrons. The molecule has 12 aromatic rings. The number of anilines is 3. The predicted octanol–water partition coefficient (Wildman–Crippen LogP) is 17.6. The maximum absolute atomic E-state index is 2.39. The van der Waals surface area contributed by atoms with Crippen LogP contribution < -0.4 is 4.90 Å². The molecule has 0 spiro atoms. The van der Waals surface area contributed by atoms with E-state index in [9.17, 15) is 0 Å². The Kier molecular flexibility index (Phi) is 8.90. The van der Waals surface area contributed by atoms with Gasteiger partial charge in [0.1, 0.15) is 0 Å². The van der Waals surface area contributed by atoms with E-state index < -0.39 is 0 Å². The van der Waals surface area contributed by atoms with Crippen molar-refractivity contribution >= 4 is 70.9 Å². The number of benzene rings is 12. The van der Waals surface area contributed by atoms with Crippen molar-refractivity contribution in [3.63, 3.8) is 0 Å². The fourth-order valence-corrected chi connectivity index (χ4v) is 9.76. The lowest BCUT2D eigenvalue weighted by atomic mass is 9.89. The summed E-state index contributed by atoms with van der Waals surface area (Å²) in [5.74, 6) is 0. The molecule has 12 rings (SSSR count). The Hall–Kier alpha value is -8.26. The van der Waals surface area contributed by atoms with Crippen LogP contribution >= 0.6 is 0 Å². The van der Waals surface area contributed by atoms with Gasteiger partial charge in [0.25, 0.3) is 0 Å². The van der Waals surface area contributed by atoms with E-state index in [1.807, 2.05) is 0 Å². The van der Waals surface area contributed by atoms with Gasteiger partial charge in [0.15, 0.2) is 0 Å². The van der Waals surface area contributed by atoms with Gasteiger partial charge >= 0.3 is 0 Å². The van der Waals surface area contributed by atoms with Gasteiger partial charge in [-0.15, -0.1) is 0 Å². The van der Waals surface area contributed by atoms with Crippen molar-refractivity contribution in [3.05, 3.63) is 249 Å². The molecule has 0 radical (unpaired) electrons. The van der Waals surface area contributed by atoms with Gasteiger partial charge in [-0.25, -0.2) is 0 Å². The molecule has 0 aliphatic rings. The molecular weight excluding hydrogens is 759 g/mol. The number of hydrogen-bond acceptors (Lipinski definition) is 1. The zero-order valence-electron chi connectivity index (χ0n) is 34.6. The quantitative estimate of drug-likeness (QED) is 0.145. The number of nitrogens with zero attached hydrogens (tertiary/aromatic N) is 1. The molecule has 0 aliphatic heterocycles. The molecule has 0 fully saturated rings. The van der Waals surface area contributed by atoms with E-state index in [1.165, 1.54) is 98.4 Å². The van der Waals surface area contributed by atoms with Crippen molar-refractivity contribution in [2.75, 3.05) is 4.90 Å². The zero-order valence-corrected chi connectivity index (χ0v) is 34.6. The first kappa shape index (κ1) is 36.6. The lowest BCUT2D eigenvalue weighted by molar-refractivity contribution is 1.28. The third kappa shape index (κ3) is 6.50. The van der Waals surface area contributed by atoms with Gasteiger partial charge in [0.05, 0.1) is 0 Å². The van der Waals surface area contributed by atoms with Crippen LogP contribution in [0.5, 0.6) is 0 Å². The lowest BCUT2D eigenvalue weighted by Gasteiger charge is -2.27. The van der Waals surface area contributed by atoms with E-state index in [0.717, 1.165) is 17.1 Å². The van der Waals surface area contributed by atoms with E-state index in [4.69, 9.17) is 0 Å². The minimum absolute atomic E-state index is 1.09. The SMILES string of the molecule is c1cc(-c2cc3ccccc3c3ccccc23)cc(N(c2ccc(-c3ccc4ccccc4c3)cc2)c2ccc(-c3ccccc3-c3cc4ccccc4c4ccccc34)cc2)c1. The minimum Gasteiger partial charge on any atom is -0.310 e. The summed E-state index contributed by atoms with van der Waals surface area (Å²) >= 11 is 0. The fourth-order valence-electron chi connectivity index (χ4n) is 9.76. The molecule has 0 atom stereocenters. The molecular formula is C62H41N. The van der Waals surface area contributed by atoms with Crippen molar-refractivity contribution in [2.45, 2.75) is 0 Å². The van der Waals surface area contributed by atoms with Crippen LogP contribution in [0.15, 0.2) is 249 Å². The summed E-state index contributed by atoms with van der Waals surface area (Å²) in [4.78, 5) is 2.39. The summed E-state index contributed by atoms with van der Waals surface area (Å²) in [5.41, 5.74) is 12.9. The van der Waals surface area contributed by atoms with E-state index in [2.05, 4.69) is 254 Å². The highest BCUT2D eigenvalue weighted by Gasteiger charge is 2.18. The summed E-state index contributed by atoms with van der Waals surface area (Å²) in [6, 6.07) is 91.1. The summed E-state index contributed by atoms with van der Waals surface area (Å²) in [6.07, 6.45) is 0. The highest BCUT2D eigenvalue weighted by Crippen LogP contribution is 2.43. The first-order chi connectivity index (χ1) is 31.2. The molecule has 1 heteroatoms. The fraction of sp³-hybridized carbons (Fsp3) is 0. The average Bonchev–Trinajstić information content (AvgIpc) is 3.36. The summed E-state index contributed by atoms with van der Waals surface area (Å²) < 4.78 is 0. The molecule has 0 N–H and O–H groups in total. The molecule has 0 aliphatic carbocycles. The highest BCUT2D eigenvalue weighted by molar-refractivity contribution is 6.15. The van der Waals surface area contributed by atoms with E-state index in [1.54, 1.807) is 0 Å². The maximum atomic E-state index is 2.39. The van der Waals surface area contributed by atoms with Crippen molar-refractivity contribution in [2.24, 2.45) is 0 Å². The van der Waals surface area contributed by atoms with Crippen LogP contribution in [0.3, 0.4) is 0 Å². The van der Waals surface area contributed by atoms with E-state index in [-0.39, 0.29) is 0 Å². The molecule has 63 heavy (non-hydrogen) atoms. The van der Waals surface area contributed by atoms with Gasteiger partial charge < -0.3 is 4.90 Å². The standard InChI is InChI=1S/C62H41N/c1-2-15-45-38-46(29-28-42(45)14-1)43-30-34-50(35-31-43)63(52-19-13-18-47(39-52)61-40-48-16-3-5-21-54(48)56-23-9-11-26-59(56)61)51-36-32-44(33-37-51)53-20-7-8-25-58(53)62-41-49-17-4-6-22-55(49)57-24-10-12-27-60(57)62/h1-41H. The molecule has 0 bridgehead atoms. The third-order valence-corrected chi connectivity index (χ3v) is 12.8. The Morgan fingerprint density at radius 2 is 0.667 bits per heavy atom. The maximum Gasteiger partial charge on any atom is 0.0467 e. The molecule has 0 aromatic heterocycles. The van der Waals surface area contributed by atoms with Gasteiger partial charge in [-0.2, -0.15) is 0 Å². The second-order valence-corrected chi connectivity index (χ2v) is 16.5. The van der Waals surface area contributed by atoms with Crippen LogP contribution in [0.1, 0.15) is 0 Å². The van der Waals surface area contributed by atoms with Gasteiger partial charge in [0, 0.05) is 17.1 Å². The molecule has 0 unspecified atom stereocenters. The number of rotatable bonds is 7. The molecule has 12 aromatic carbocycles. The second kappa shape index (κ2) is 15.3. The summed E-state index contributed by atoms with van der Waals surface area (Å²) in [5, 5.41) is 12.6. The Labute approximate surface area is 367 Å². The molecule has 0 heterocycles. The summed E-state index contributed by atoms with van der Waals surface area (Å²) in [6.45, 7) is 0. The second-order valence-electron chi connectivity index (χ2n) is 16.5. The number of fused-ring (bicyclic) bond motifs is 7. The first-order valence-corrected chi connectivity index (χ1v) is 21.7. The average molecular weight is 800 g/mol. The van der Waals surface area contributed by atoms with E-state index >= 15 is 0 Å². The Morgan fingerprint density at radius 3 is 1.32 bits per heavy atom. The molecule has 0 saturated carbocycles. The number of hydrogen-bond donors (Lipinski definition) is 0. The topological polar surface area (TPSA) is 3.24 Å². The monoisotopic (exact) mass is 799 g/mol. The first-order valence-electron chi connectivity index (χ1n) is 21.7. The highest BCUT2D eigenvalue weighted by atomic mass is 15.1. The predicted molar refractivity (Wildman–Crippen MR) is 270 cm³/mol. The largest absolute Gasteiger partial charge is 0.310 e. The zero-order chi connectivity index (χ0) is 41.7. The normalized spacial score (nSPS) is 11.5. The van der Waals surface area contributed by atoms with Crippen molar-refractivity contribution in [3.8, 4) is 44.5 Å². The van der Waals surface area contributed by atoms with Crippen LogP contribution in [-0.2, 0) is 0 Å². The Balaban J connectivity index is 0.983. The third-order valence-electron chi connectivity index (χ3n) is 12.8. The van der Waals surface area contributed by atoms with Gasteiger partial charge in [-0.05, 0) is 153 Å². The summed E-state index contributed by atoms with van der Waals surface area (Å²) in [7, 11) is 0. The van der Waals surface area contributed by atoms with Gasteiger partial charge in [-0.1, -0.05) is 194 Å². The van der Waals surface area contributed by atoms with Crippen LogP contribution in [0.2, 0.25) is 0 Å². The molecule has 1 nitrogen and oxygen atoms in total. The van der Waals surface area contributed by atoms with Crippen molar-refractivity contribution in [1.82, 2.24) is 0 Å². The van der Waals surface area contributed by atoms with E-state index in [0.29, 0.717) is 0 Å². The van der Waals surface area contributed by atoms with Crippen molar-refractivity contribution < 1.29 is 0 Å². The Bertz CT molecular complexity index is 3670. The van der Waals surface area contributed by atoms with Crippen LogP contribution in [-0.4, -0.2) is 0 Å². The smallest absolute Gasteiger partial charge is 0.0467 e. The van der Waals surface area contributed by atoms with Gasteiger partial charge in [0.2, 0.25) is 0 Å². The van der Waals surface area contributed by atoms with Crippen LogP contribution in [0, 0.1) is 0 Å². The van der Waals surface area contributed by atoms with Crippen molar-refractivity contribution in [1.29, 1.82) is 0 Å². The minimum atomic E-state index is 1.09. The van der Waals surface area contributed by atoms with Gasteiger partial charge in [-0.3, -0.25) is 0 Å². The molecule has 0 amide bonds. The Morgan fingerprint density at radius 1 is 0.190 bits per heavy atom. The lowest BCUT2D eigenvalue weighted by Crippen LogP contribution is -2.10. The van der Waals surface area contributed by atoms with Crippen LogP contribution in [0.4, 0.5) is 17.1 Å². The van der Waals surface area contributed by atoms with Crippen LogP contribution in [0.25, 0.3) is 98.4 Å². The molecule has 0 saturated heterocycles.